The van der Waals surface area contributed by atoms with Gasteiger partial charge in [0.05, 0.1) is 0 Å². The lowest BCUT2D eigenvalue weighted by atomic mass is 10.1. The van der Waals surface area contributed by atoms with Crippen LogP contribution in [0.5, 0.6) is 5.75 Å². The molecule has 4 heteroatoms. The number of hydrogen-bond donors (Lipinski definition) is 2. The molecule has 0 heterocycles. The zero-order valence-corrected chi connectivity index (χ0v) is 17.3. The molecule has 0 fully saturated rings. The van der Waals surface area contributed by atoms with Crippen molar-refractivity contribution in [3.63, 3.8) is 0 Å². The summed E-state index contributed by atoms with van der Waals surface area (Å²) in [4.78, 5) is 13.2. The van der Waals surface area contributed by atoms with E-state index >= 15 is 0 Å². The quantitative estimate of drug-likeness (QED) is 0.472. The molecular formula is C26H23NO2P+. The Balaban J connectivity index is 2.17. The number of hydrogen-bond acceptors (Lipinski definition) is 2. The zero-order valence-electron chi connectivity index (χ0n) is 16.4. The molecule has 0 bridgehead atoms. The van der Waals surface area contributed by atoms with Gasteiger partial charge in [0.2, 0.25) is 0 Å². The van der Waals surface area contributed by atoms with Crippen LogP contribution in [0.15, 0.2) is 115 Å². The van der Waals surface area contributed by atoms with E-state index in [9.17, 15) is 9.90 Å². The van der Waals surface area contributed by atoms with Gasteiger partial charge in [-0.05, 0) is 42.5 Å². The highest BCUT2D eigenvalue weighted by Gasteiger charge is 2.56. The molecule has 148 valence electrons. The van der Waals surface area contributed by atoms with Gasteiger partial charge < -0.3 is 10.8 Å². The van der Waals surface area contributed by atoms with Crippen LogP contribution in [0, 0.1) is 0 Å². The van der Waals surface area contributed by atoms with Gasteiger partial charge in [0.25, 0.3) is 5.91 Å². The highest BCUT2D eigenvalue weighted by Crippen LogP contribution is 2.67. The molecule has 4 rings (SSSR count). The normalized spacial score (nSPS) is 12.3. The van der Waals surface area contributed by atoms with Gasteiger partial charge >= 0.3 is 0 Å². The minimum absolute atomic E-state index is 0.0773. The molecule has 1 atom stereocenters. The van der Waals surface area contributed by atoms with Gasteiger partial charge in [0.1, 0.15) is 28.9 Å². The van der Waals surface area contributed by atoms with E-state index in [1.807, 2.05) is 60.7 Å². The molecule has 3 nitrogen and oxygen atoms in total. The van der Waals surface area contributed by atoms with E-state index in [-0.39, 0.29) is 5.75 Å². The summed E-state index contributed by atoms with van der Waals surface area (Å²) >= 11 is 0. The Bertz CT molecular complexity index is 1030. The van der Waals surface area contributed by atoms with Crippen molar-refractivity contribution < 1.29 is 9.90 Å². The molecule has 4 aromatic rings. The van der Waals surface area contributed by atoms with Crippen LogP contribution in [0.25, 0.3) is 0 Å². The van der Waals surface area contributed by atoms with Crippen molar-refractivity contribution in [1.82, 2.24) is 0 Å². The van der Waals surface area contributed by atoms with Crippen LogP contribution in [0.4, 0.5) is 0 Å². The van der Waals surface area contributed by atoms with E-state index in [2.05, 4.69) is 36.4 Å². The van der Waals surface area contributed by atoms with Crippen LogP contribution in [0.2, 0.25) is 0 Å². The zero-order chi connectivity index (χ0) is 21.0. The first-order valence-corrected chi connectivity index (χ1v) is 11.6. The van der Waals surface area contributed by atoms with Crippen LogP contribution in [-0.4, -0.2) is 11.0 Å². The van der Waals surface area contributed by atoms with Gasteiger partial charge in [0.15, 0.2) is 5.66 Å². The van der Waals surface area contributed by atoms with E-state index in [4.69, 9.17) is 5.73 Å². The molecule has 3 N–H and O–H groups in total. The van der Waals surface area contributed by atoms with Crippen molar-refractivity contribution in [3.8, 4) is 5.75 Å². The minimum Gasteiger partial charge on any atom is -0.507 e. The average Bonchev–Trinajstić information content (AvgIpc) is 2.80. The molecule has 0 saturated heterocycles. The first-order valence-electron chi connectivity index (χ1n) is 9.78. The third kappa shape index (κ3) is 3.38. The highest BCUT2D eigenvalue weighted by molar-refractivity contribution is 7.96. The van der Waals surface area contributed by atoms with Gasteiger partial charge in [-0.1, -0.05) is 72.8 Å². The second-order valence-corrected chi connectivity index (χ2v) is 10.6. The molecule has 4 aromatic carbocycles. The van der Waals surface area contributed by atoms with Crippen LogP contribution in [-0.2, 0) is 4.79 Å². The maximum absolute atomic E-state index is 13.2. The molecule has 0 aliphatic heterocycles. The summed E-state index contributed by atoms with van der Waals surface area (Å²) in [7, 11) is -2.60. The van der Waals surface area contributed by atoms with Crippen molar-refractivity contribution in [2.45, 2.75) is 5.66 Å². The number of aromatic hydroxyl groups is 1. The summed E-state index contributed by atoms with van der Waals surface area (Å²) in [6.07, 6.45) is 0. The minimum atomic E-state index is -2.60. The van der Waals surface area contributed by atoms with Gasteiger partial charge in [-0.3, -0.25) is 4.79 Å². The molecular weight excluding hydrogens is 389 g/mol. The van der Waals surface area contributed by atoms with Gasteiger partial charge in [-0.25, -0.2) is 0 Å². The van der Waals surface area contributed by atoms with E-state index in [0.29, 0.717) is 5.56 Å². The summed E-state index contributed by atoms with van der Waals surface area (Å²) in [6, 6.07) is 37.2. The van der Waals surface area contributed by atoms with Crippen LogP contribution in [0.3, 0.4) is 0 Å². The second-order valence-electron chi connectivity index (χ2n) is 7.09. The van der Waals surface area contributed by atoms with Crippen molar-refractivity contribution in [3.05, 3.63) is 121 Å². The van der Waals surface area contributed by atoms with E-state index in [0.717, 1.165) is 15.9 Å². The summed E-state index contributed by atoms with van der Waals surface area (Å²) in [5.41, 5.74) is 5.95. The number of amides is 1. The lowest BCUT2D eigenvalue weighted by molar-refractivity contribution is -0.117. The fourth-order valence-corrected chi connectivity index (χ4v) is 8.89. The molecule has 30 heavy (non-hydrogen) atoms. The summed E-state index contributed by atoms with van der Waals surface area (Å²) in [5.74, 6) is -0.380. The lowest BCUT2D eigenvalue weighted by Gasteiger charge is -2.33. The van der Waals surface area contributed by atoms with Crippen molar-refractivity contribution in [1.29, 1.82) is 0 Å². The molecule has 0 spiro atoms. The Kier molecular flexibility index (Phi) is 5.65. The number of nitrogens with two attached hydrogens (primary N) is 1. The number of primary amides is 1. The highest BCUT2D eigenvalue weighted by atomic mass is 31.2. The number of phenolic OH excluding ortho intramolecular Hbond substituents is 1. The standard InChI is InChI=1S/C26H22NO2P/c27-26(29)25(23-18-10-11-19-24(23)28)30(20-12-4-1-5-13-20,21-14-6-2-7-15-21)22-16-8-3-9-17-22/h1-19,25H,(H2-,27,28,29)/p+1. The number of para-hydroxylation sites is 1. The predicted octanol–water partition coefficient (Wildman–Crippen LogP) is 3.91. The summed E-state index contributed by atoms with van der Waals surface area (Å²) in [6.45, 7) is 0. The van der Waals surface area contributed by atoms with Crippen LogP contribution >= 0.6 is 7.26 Å². The van der Waals surface area contributed by atoms with Gasteiger partial charge in [-0.15, -0.1) is 0 Å². The Labute approximate surface area is 177 Å². The maximum atomic E-state index is 13.2. The third-order valence-corrected chi connectivity index (χ3v) is 10.0. The van der Waals surface area contributed by atoms with E-state index < -0.39 is 18.8 Å². The molecule has 1 unspecified atom stereocenters. The SMILES string of the molecule is NC(=O)C(c1ccccc1O)[P+](c1ccccc1)(c1ccccc1)c1ccccc1. The summed E-state index contributed by atoms with van der Waals surface area (Å²) in [5, 5.41) is 13.9. The summed E-state index contributed by atoms with van der Waals surface area (Å²) < 4.78 is 0. The average molecular weight is 412 g/mol. The van der Waals surface area contributed by atoms with Crippen LogP contribution < -0.4 is 21.6 Å². The molecule has 0 aromatic heterocycles. The van der Waals surface area contributed by atoms with Crippen molar-refractivity contribution in [2.24, 2.45) is 5.73 Å². The molecule has 0 aliphatic carbocycles. The Morgan fingerprint density at radius 2 is 1.00 bits per heavy atom. The first kappa shape index (κ1) is 19.9. The molecule has 1 amide bonds. The predicted molar refractivity (Wildman–Crippen MR) is 125 cm³/mol. The Hall–Kier alpha value is -3.42. The van der Waals surface area contributed by atoms with E-state index in [1.54, 1.807) is 18.2 Å². The fraction of sp³-hybridized carbons (Fsp3) is 0.0385. The van der Waals surface area contributed by atoms with Crippen molar-refractivity contribution in [2.75, 3.05) is 0 Å². The first-order chi connectivity index (χ1) is 14.7. The topological polar surface area (TPSA) is 63.3 Å². The Morgan fingerprint density at radius 3 is 1.37 bits per heavy atom. The largest absolute Gasteiger partial charge is 0.507 e. The maximum Gasteiger partial charge on any atom is 0.264 e. The smallest absolute Gasteiger partial charge is 0.264 e. The van der Waals surface area contributed by atoms with Gasteiger partial charge in [0, 0.05) is 5.56 Å². The monoisotopic (exact) mass is 412 g/mol. The Morgan fingerprint density at radius 1 is 0.633 bits per heavy atom. The molecule has 0 radical (unpaired) electrons. The van der Waals surface area contributed by atoms with Crippen LogP contribution in [0.1, 0.15) is 11.2 Å². The number of carbonyl (C=O) groups excluding carboxylic acids is 1. The molecule has 0 saturated carbocycles. The number of rotatable bonds is 6. The van der Waals surface area contributed by atoms with E-state index in [1.165, 1.54) is 0 Å². The number of benzene rings is 4. The lowest BCUT2D eigenvalue weighted by Crippen LogP contribution is -2.40. The fourth-order valence-electron chi connectivity index (χ4n) is 4.16. The third-order valence-electron chi connectivity index (χ3n) is 5.38. The second kappa shape index (κ2) is 8.52. The molecule has 0 aliphatic rings. The number of carbonyl (C=O) groups is 1. The van der Waals surface area contributed by atoms with Crippen molar-refractivity contribution >= 4 is 29.1 Å². The van der Waals surface area contributed by atoms with Gasteiger partial charge in [-0.2, -0.15) is 0 Å². The number of phenols is 1.